The molecule has 0 saturated heterocycles. The number of carboxylic acids is 1. The van der Waals surface area contributed by atoms with Gasteiger partial charge in [0, 0.05) is 11.4 Å². The summed E-state index contributed by atoms with van der Waals surface area (Å²) in [7, 11) is 0. The van der Waals surface area contributed by atoms with Crippen molar-refractivity contribution in [1.82, 2.24) is 14.3 Å². The van der Waals surface area contributed by atoms with Crippen LogP contribution in [0.15, 0.2) is 17.8 Å². The summed E-state index contributed by atoms with van der Waals surface area (Å²) in [5, 5.41) is 19.0. The van der Waals surface area contributed by atoms with Crippen molar-refractivity contribution in [2.45, 2.75) is 0 Å². The van der Waals surface area contributed by atoms with Crippen LogP contribution in [0, 0.1) is 11.3 Å². The average molecular weight is 232 g/mol. The molecule has 2 rings (SSSR count). The summed E-state index contributed by atoms with van der Waals surface area (Å²) in [5.41, 5.74) is 0.850. The molecule has 1 N–H and O–H groups in total. The fourth-order valence-corrected chi connectivity index (χ4v) is 1.79. The lowest BCUT2D eigenvalue weighted by atomic mass is 10.2. The predicted molar refractivity (Wildman–Crippen MR) is 54.8 cm³/mol. The van der Waals surface area contributed by atoms with Crippen LogP contribution in [0.2, 0.25) is 0 Å². The van der Waals surface area contributed by atoms with Gasteiger partial charge in [-0.15, -0.1) is 0 Å². The van der Waals surface area contributed by atoms with Crippen LogP contribution in [0.5, 0.6) is 0 Å². The molecule has 6 nitrogen and oxygen atoms in total. The summed E-state index contributed by atoms with van der Waals surface area (Å²) in [6, 6.07) is 3.26. The van der Waals surface area contributed by atoms with E-state index in [1.165, 1.54) is 17.8 Å². The Hall–Kier alpha value is -2.33. The SMILES string of the molecule is N#Cc1cc(-c2nscc2C(=O)O)ncn1. The number of aromatic nitrogens is 3. The van der Waals surface area contributed by atoms with Crippen molar-refractivity contribution >= 4 is 17.5 Å². The summed E-state index contributed by atoms with van der Waals surface area (Å²) < 4.78 is 3.94. The molecule has 0 atom stereocenters. The minimum absolute atomic E-state index is 0.0765. The monoisotopic (exact) mass is 232 g/mol. The highest BCUT2D eigenvalue weighted by molar-refractivity contribution is 7.04. The van der Waals surface area contributed by atoms with Gasteiger partial charge in [0.2, 0.25) is 0 Å². The highest BCUT2D eigenvalue weighted by atomic mass is 32.1. The van der Waals surface area contributed by atoms with Crippen LogP contribution in [0.4, 0.5) is 0 Å². The summed E-state index contributed by atoms with van der Waals surface area (Å²) in [6.07, 6.45) is 1.21. The van der Waals surface area contributed by atoms with Crippen LogP contribution in [-0.2, 0) is 0 Å². The van der Waals surface area contributed by atoms with E-state index in [0.29, 0.717) is 5.69 Å². The van der Waals surface area contributed by atoms with Gasteiger partial charge in [-0.2, -0.15) is 9.64 Å². The number of carboxylic acid groups (broad SMARTS) is 1. The molecule has 0 aromatic carbocycles. The van der Waals surface area contributed by atoms with Gasteiger partial charge in [-0.25, -0.2) is 14.8 Å². The minimum atomic E-state index is -1.07. The van der Waals surface area contributed by atoms with E-state index < -0.39 is 5.97 Å². The Kier molecular flexibility index (Phi) is 2.57. The number of nitriles is 1. The molecule has 0 bridgehead atoms. The van der Waals surface area contributed by atoms with Crippen molar-refractivity contribution < 1.29 is 9.90 Å². The molecule has 0 amide bonds. The normalized spacial score (nSPS) is 9.69. The van der Waals surface area contributed by atoms with E-state index >= 15 is 0 Å². The van der Waals surface area contributed by atoms with Crippen LogP contribution in [0.1, 0.15) is 16.1 Å². The zero-order valence-corrected chi connectivity index (χ0v) is 8.60. The van der Waals surface area contributed by atoms with Gasteiger partial charge in [-0.05, 0) is 11.5 Å². The molecule has 0 spiro atoms. The average Bonchev–Trinajstić information content (AvgIpc) is 2.78. The van der Waals surface area contributed by atoms with Crippen molar-refractivity contribution in [3.8, 4) is 17.5 Å². The summed E-state index contributed by atoms with van der Waals surface area (Å²) in [4.78, 5) is 18.5. The number of hydrogen-bond donors (Lipinski definition) is 1. The van der Waals surface area contributed by atoms with Crippen molar-refractivity contribution in [1.29, 1.82) is 5.26 Å². The van der Waals surface area contributed by atoms with E-state index in [0.717, 1.165) is 11.5 Å². The number of carbonyl (C=O) groups is 1. The molecule has 0 aliphatic carbocycles. The Labute approximate surface area is 94.0 Å². The van der Waals surface area contributed by atoms with Gasteiger partial charge in [0.15, 0.2) is 0 Å². The molecular weight excluding hydrogens is 228 g/mol. The van der Waals surface area contributed by atoms with Gasteiger partial charge in [-0.3, -0.25) is 0 Å². The Morgan fingerprint density at radius 2 is 2.31 bits per heavy atom. The molecule has 7 heteroatoms. The van der Waals surface area contributed by atoms with Crippen LogP contribution in [-0.4, -0.2) is 25.4 Å². The zero-order chi connectivity index (χ0) is 11.5. The molecular formula is C9H4N4O2S. The number of nitrogens with zero attached hydrogens (tertiary/aromatic N) is 4. The fourth-order valence-electron chi connectivity index (χ4n) is 1.12. The summed E-state index contributed by atoms with van der Waals surface area (Å²) >= 11 is 1.03. The van der Waals surface area contributed by atoms with Crippen LogP contribution in [0.3, 0.4) is 0 Å². The maximum Gasteiger partial charge on any atom is 0.338 e. The second kappa shape index (κ2) is 4.04. The van der Waals surface area contributed by atoms with E-state index in [2.05, 4.69) is 14.3 Å². The smallest absolute Gasteiger partial charge is 0.338 e. The molecule has 2 aromatic rings. The van der Waals surface area contributed by atoms with Gasteiger partial charge in [-0.1, -0.05) is 0 Å². The molecule has 78 valence electrons. The van der Waals surface area contributed by atoms with E-state index in [-0.39, 0.29) is 17.0 Å². The Balaban J connectivity index is 2.55. The third-order valence-corrected chi connectivity index (χ3v) is 2.45. The second-order valence-corrected chi connectivity index (χ2v) is 3.41. The minimum Gasteiger partial charge on any atom is -0.478 e. The lowest BCUT2D eigenvalue weighted by Gasteiger charge is -1.97. The first-order valence-electron chi connectivity index (χ1n) is 4.12. The Morgan fingerprint density at radius 1 is 1.50 bits per heavy atom. The maximum atomic E-state index is 10.9. The molecule has 0 fully saturated rings. The molecule has 2 aromatic heterocycles. The molecule has 2 heterocycles. The van der Waals surface area contributed by atoms with E-state index in [4.69, 9.17) is 10.4 Å². The Morgan fingerprint density at radius 3 is 3.00 bits per heavy atom. The van der Waals surface area contributed by atoms with Crippen molar-refractivity contribution in [2.75, 3.05) is 0 Å². The standard InChI is InChI=1S/C9H4N4O2S/c10-2-5-1-7(12-4-11-5)8-6(9(14)15)3-16-13-8/h1,3-4H,(H,14,15). The van der Waals surface area contributed by atoms with Crippen molar-refractivity contribution in [2.24, 2.45) is 0 Å². The third-order valence-electron chi connectivity index (χ3n) is 1.82. The van der Waals surface area contributed by atoms with Crippen molar-refractivity contribution in [3.05, 3.63) is 29.0 Å². The van der Waals surface area contributed by atoms with E-state index in [1.54, 1.807) is 0 Å². The highest BCUT2D eigenvalue weighted by Crippen LogP contribution is 2.22. The summed E-state index contributed by atoms with van der Waals surface area (Å²) in [6.45, 7) is 0. The summed E-state index contributed by atoms with van der Waals surface area (Å²) in [5.74, 6) is -1.07. The first-order chi connectivity index (χ1) is 7.72. The lowest BCUT2D eigenvalue weighted by molar-refractivity contribution is 0.0698. The first kappa shape index (κ1) is 10.2. The molecule has 0 aliphatic heterocycles. The number of hydrogen-bond acceptors (Lipinski definition) is 6. The van der Waals surface area contributed by atoms with Gasteiger partial charge in [0.1, 0.15) is 23.8 Å². The van der Waals surface area contributed by atoms with Gasteiger partial charge in [0.05, 0.1) is 11.3 Å². The Bertz CT molecular complexity index is 587. The highest BCUT2D eigenvalue weighted by Gasteiger charge is 2.16. The first-order valence-corrected chi connectivity index (χ1v) is 4.96. The molecule has 0 radical (unpaired) electrons. The quantitative estimate of drug-likeness (QED) is 0.834. The van der Waals surface area contributed by atoms with Gasteiger partial charge in [0.25, 0.3) is 0 Å². The third kappa shape index (κ3) is 1.74. The molecule has 0 saturated carbocycles. The largest absolute Gasteiger partial charge is 0.478 e. The number of aromatic carboxylic acids is 1. The van der Waals surface area contributed by atoms with Crippen LogP contribution in [0.25, 0.3) is 11.4 Å². The van der Waals surface area contributed by atoms with E-state index in [1.807, 2.05) is 6.07 Å². The second-order valence-electron chi connectivity index (χ2n) is 2.78. The van der Waals surface area contributed by atoms with Crippen LogP contribution >= 0.6 is 11.5 Å². The number of rotatable bonds is 2. The fraction of sp³-hybridized carbons (Fsp3) is 0. The van der Waals surface area contributed by atoms with Gasteiger partial charge >= 0.3 is 5.97 Å². The zero-order valence-electron chi connectivity index (χ0n) is 7.78. The van der Waals surface area contributed by atoms with E-state index in [9.17, 15) is 4.79 Å². The van der Waals surface area contributed by atoms with Crippen molar-refractivity contribution in [3.63, 3.8) is 0 Å². The van der Waals surface area contributed by atoms with Crippen LogP contribution < -0.4 is 0 Å². The van der Waals surface area contributed by atoms with Gasteiger partial charge < -0.3 is 5.11 Å². The predicted octanol–water partition coefficient (Wildman–Crippen LogP) is 1.17. The molecule has 0 aliphatic rings. The topological polar surface area (TPSA) is 99.8 Å². The lowest BCUT2D eigenvalue weighted by Crippen LogP contribution is -1.98. The molecule has 0 unspecified atom stereocenters. The molecule has 16 heavy (non-hydrogen) atoms. The maximum absolute atomic E-state index is 10.9.